The van der Waals surface area contributed by atoms with Gasteiger partial charge < -0.3 is 17.7 Å². The molecular weight excluding hydrogens is 380 g/mol. The van der Waals surface area contributed by atoms with Gasteiger partial charge >= 0.3 is 9.05 Å². The van der Waals surface area contributed by atoms with E-state index in [1.165, 1.54) is 0 Å². The van der Waals surface area contributed by atoms with Gasteiger partial charge in [-0.25, -0.2) is 0 Å². The number of hydrogen-bond donors (Lipinski definition) is 0. The lowest BCUT2D eigenvalue weighted by Crippen LogP contribution is -2.49. The van der Waals surface area contributed by atoms with E-state index in [-0.39, 0.29) is 0 Å². The van der Waals surface area contributed by atoms with Crippen LogP contribution in [0.2, 0.25) is 0 Å². The third-order valence-electron chi connectivity index (χ3n) is 3.91. The van der Waals surface area contributed by atoms with Gasteiger partial charge in [-0.05, 0) is 25.7 Å². The van der Waals surface area contributed by atoms with Crippen LogP contribution in [0.25, 0.3) is 0 Å². The third-order valence-corrected chi connectivity index (χ3v) is 5.99. The van der Waals surface area contributed by atoms with Gasteiger partial charge in [0.1, 0.15) is 0 Å². The highest BCUT2D eigenvalue weighted by atomic mass is 28.4. The van der Waals surface area contributed by atoms with Crippen LogP contribution in [0.5, 0.6) is 0 Å². The lowest BCUT2D eigenvalue weighted by atomic mass is 10.3. The zero-order chi connectivity index (χ0) is 21.5. The Labute approximate surface area is 181 Å². The van der Waals surface area contributed by atoms with Crippen molar-refractivity contribution in [1.82, 2.24) is 0 Å². The molecule has 0 unspecified atom stereocenters. The first kappa shape index (κ1) is 28.0. The molecule has 0 N–H and O–H groups in total. The van der Waals surface area contributed by atoms with E-state index in [0.29, 0.717) is 26.4 Å². The van der Waals surface area contributed by atoms with Crippen molar-refractivity contribution in [3.05, 3.63) is 48.6 Å². The predicted octanol–water partition coefficient (Wildman–Crippen LogP) is 6.91. The summed E-state index contributed by atoms with van der Waals surface area (Å²) in [5.41, 5.74) is 0. The van der Waals surface area contributed by atoms with Crippen molar-refractivity contribution in [2.45, 2.75) is 79.1 Å². The minimum Gasteiger partial charge on any atom is -0.347 e. The zero-order valence-corrected chi connectivity index (χ0v) is 20.2. The molecule has 0 atom stereocenters. The Bertz CT molecular complexity index is 372. The highest BCUT2D eigenvalue weighted by Crippen LogP contribution is 2.14. The second kappa shape index (κ2) is 21.7. The molecule has 0 heterocycles. The Morgan fingerprint density at radius 1 is 0.414 bits per heavy atom. The first-order chi connectivity index (χ1) is 14.2. The Balaban J connectivity index is 5.04. The van der Waals surface area contributed by atoms with Crippen molar-refractivity contribution in [3.8, 4) is 0 Å². The standard InChI is InChI=1S/C24H44O4Si/c1-5-9-13-17-21-25-29(26-22-18-14-10-6-2,27-23-19-15-11-7-3)28-24-20-16-12-8-4/h13-20H,5-12,21-24H2,1-4H3. The summed E-state index contributed by atoms with van der Waals surface area (Å²) >= 11 is 0. The molecule has 0 bridgehead atoms. The highest BCUT2D eigenvalue weighted by molar-refractivity contribution is 6.53. The lowest BCUT2D eigenvalue weighted by Gasteiger charge is -2.26. The molecule has 4 nitrogen and oxygen atoms in total. The summed E-state index contributed by atoms with van der Waals surface area (Å²) in [7, 11) is -3.24. The fraction of sp³-hybridized carbons (Fsp3) is 0.667. The van der Waals surface area contributed by atoms with Gasteiger partial charge in [0.15, 0.2) is 0 Å². The van der Waals surface area contributed by atoms with Crippen LogP contribution in [0, 0.1) is 0 Å². The van der Waals surface area contributed by atoms with Gasteiger partial charge in [-0.2, -0.15) is 0 Å². The Morgan fingerprint density at radius 2 is 0.655 bits per heavy atom. The first-order valence-electron chi connectivity index (χ1n) is 11.4. The molecule has 0 aliphatic rings. The summed E-state index contributed by atoms with van der Waals surface area (Å²) in [5, 5.41) is 0. The molecule has 0 aliphatic heterocycles. The fourth-order valence-corrected chi connectivity index (χ4v) is 3.96. The number of allylic oxidation sites excluding steroid dienone is 4. The zero-order valence-electron chi connectivity index (χ0n) is 19.2. The maximum absolute atomic E-state index is 6.08. The van der Waals surface area contributed by atoms with Gasteiger partial charge in [-0.3, -0.25) is 0 Å². The Hall–Kier alpha value is -0.983. The van der Waals surface area contributed by atoms with Crippen LogP contribution >= 0.6 is 0 Å². The number of rotatable bonds is 20. The summed E-state index contributed by atoms with van der Waals surface area (Å²) in [6.07, 6.45) is 25.2. The van der Waals surface area contributed by atoms with Gasteiger partial charge in [0, 0.05) is 0 Å². The second-order valence-electron chi connectivity index (χ2n) is 6.78. The molecule has 0 rings (SSSR count). The predicted molar refractivity (Wildman–Crippen MR) is 126 cm³/mol. The van der Waals surface area contributed by atoms with Crippen molar-refractivity contribution in [2.24, 2.45) is 0 Å². The molecule has 0 aromatic rings. The molecule has 0 fully saturated rings. The van der Waals surface area contributed by atoms with Crippen molar-refractivity contribution in [3.63, 3.8) is 0 Å². The molecule has 5 heteroatoms. The largest absolute Gasteiger partial charge is 0.680 e. The maximum atomic E-state index is 6.08. The molecule has 0 saturated heterocycles. The van der Waals surface area contributed by atoms with Crippen LogP contribution in [0.4, 0.5) is 0 Å². The lowest BCUT2D eigenvalue weighted by molar-refractivity contribution is -0.0119. The van der Waals surface area contributed by atoms with Gasteiger partial charge in [-0.1, -0.05) is 102 Å². The SMILES string of the molecule is CCCC=CCO[Si](OCC=CCCC)(OCC=CCCC)OCC=CCCC. The smallest absolute Gasteiger partial charge is 0.347 e. The monoisotopic (exact) mass is 424 g/mol. The molecule has 29 heavy (non-hydrogen) atoms. The quantitative estimate of drug-likeness (QED) is 0.157. The normalized spacial score (nSPS) is 14.8. The van der Waals surface area contributed by atoms with E-state index in [9.17, 15) is 0 Å². The summed E-state index contributed by atoms with van der Waals surface area (Å²) in [5.74, 6) is 0. The fourth-order valence-electron chi connectivity index (χ4n) is 2.26. The van der Waals surface area contributed by atoms with Gasteiger partial charge in [-0.15, -0.1) is 0 Å². The van der Waals surface area contributed by atoms with E-state index in [4.69, 9.17) is 17.7 Å². The van der Waals surface area contributed by atoms with E-state index >= 15 is 0 Å². The van der Waals surface area contributed by atoms with Gasteiger partial charge in [0.05, 0.1) is 26.4 Å². The van der Waals surface area contributed by atoms with Crippen molar-refractivity contribution in [2.75, 3.05) is 26.4 Å². The molecular formula is C24H44O4Si. The van der Waals surface area contributed by atoms with E-state index in [2.05, 4.69) is 52.0 Å². The van der Waals surface area contributed by atoms with Crippen LogP contribution in [-0.4, -0.2) is 35.5 Å². The summed E-state index contributed by atoms with van der Waals surface area (Å²) in [4.78, 5) is 0. The average molecular weight is 425 g/mol. The molecule has 0 aliphatic carbocycles. The minimum absolute atomic E-state index is 0.433. The average Bonchev–Trinajstić information content (AvgIpc) is 2.73. The van der Waals surface area contributed by atoms with Gasteiger partial charge in [0.2, 0.25) is 0 Å². The number of unbranched alkanes of at least 4 members (excludes halogenated alkanes) is 4. The van der Waals surface area contributed by atoms with Crippen LogP contribution in [-0.2, 0) is 17.7 Å². The molecule has 168 valence electrons. The van der Waals surface area contributed by atoms with Crippen molar-refractivity contribution >= 4 is 9.05 Å². The minimum atomic E-state index is -3.24. The molecule has 0 aromatic carbocycles. The third kappa shape index (κ3) is 17.6. The molecule has 0 saturated carbocycles. The second-order valence-corrected chi connectivity index (χ2v) is 8.94. The van der Waals surface area contributed by atoms with Crippen LogP contribution in [0.15, 0.2) is 48.6 Å². The van der Waals surface area contributed by atoms with Crippen LogP contribution in [0.1, 0.15) is 79.1 Å². The maximum Gasteiger partial charge on any atom is 0.680 e. The van der Waals surface area contributed by atoms with Crippen LogP contribution in [0.3, 0.4) is 0 Å². The highest BCUT2D eigenvalue weighted by Gasteiger charge is 2.45. The van der Waals surface area contributed by atoms with E-state index < -0.39 is 9.05 Å². The summed E-state index contributed by atoms with van der Waals surface area (Å²) in [6.45, 7) is 10.4. The van der Waals surface area contributed by atoms with Gasteiger partial charge in [0.25, 0.3) is 0 Å². The molecule has 0 spiro atoms. The van der Waals surface area contributed by atoms with Crippen LogP contribution < -0.4 is 0 Å². The molecule has 0 amide bonds. The van der Waals surface area contributed by atoms with E-state index in [1.807, 2.05) is 24.3 Å². The molecule has 0 radical (unpaired) electrons. The van der Waals surface area contributed by atoms with Crippen molar-refractivity contribution in [1.29, 1.82) is 0 Å². The Morgan fingerprint density at radius 3 is 0.862 bits per heavy atom. The summed E-state index contributed by atoms with van der Waals surface area (Å²) < 4.78 is 24.3. The Kier molecular flexibility index (Phi) is 21.0. The van der Waals surface area contributed by atoms with Crippen molar-refractivity contribution < 1.29 is 17.7 Å². The van der Waals surface area contributed by atoms with E-state index in [1.54, 1.807) is 0 Å². The first-order valence-corrected chi connectivity index (χ1v) is 13.0. The van der Waals surface area contributed by atoms with E-state index in [0.717, 1.165) is 51.4 Å². The topological polar surface area (TPSA) is 36.9 Å². The number of hydrogen-bond acceptors (Lipinski definition) is 4. The summed E-state index contributed by atoms with van der Waals surface area (Å²) in [6, 6.07) is 0. The molecule has 0 aromatic heterocycles.